The Labute approximate surface area is 120 Å². The fourth-order valence-corrected chi connectivity index (χ4v) is 4.06. The smallest absolute Gasteiger partial charge is 0.163 e. The molecule has 1 saturated carbocycles. The minimum absolute atomic E-state index is 0.00215. The summed E-state index contributed by atoms with van der Waals surface area (Å²) in [5, 5.41) is 0. The van der Waals surface area contributed by atoms with Crippen molar-refractivity contribution in [3.8, 4) is 0 Å². The summed E-state index contributed by atoms with van der Waals surface area (Å²) in [6.45, 7) is 4.02. The van der Waals surface area contributed by atoms with Crippen molar-refractivity contribution in [2.24, 2.45) is 5.92 Å². The molecule has 0 amide bonds. The summed E-state index contributed by atoms with van der Waals surface area (Å²) < 4.78 is 18.8. The number of ether oxygens (including phenoxy) is 3. The van der Waals surface area contributed by atoms with Gasteiger partial charge < -0.3 is 14.2 Å². The molecular formula is C17H22O3. The van der Waals surface area contributed by atoms with Crippen LogP contribution in [0.4, 0.5) is 0 Å². The first-order valence-corrected chi connectivity index (χ1v) is 7.70. The van der Waals surface area contributed by atoms with Crippen LogP contribution in [-0.2, 0) is 14.2 Å². The van der Waals surface area contributed by atoms with Crippen molar-refractivity contribution in [1.29, 1.82) is 0 Å². The Balaban J connectivity index is 1.69. The van der Waals surface area contributed by atoms with E-state index >= 15 is 0 Å². The maximum atomic E-state index is 6.40. The minimum Gasteiger partial charge on any atom is -0.367 e. The molecule has 3 nitrogen and oxygen atoms in total. The lowest BCUT2D eigenvalue weighted by Crippen LogP contribution is -2.46. The van der Waals surface area contributed by atoms with E-state index in [0.29, 0.717) is 12.0 Å². The van der Waals surface area contributed by atoms with Gasteiger partial charge in [0.15, 0.2) is 5.79 Å². The second-order valence-corrected chi connectivity index (χ2v) is 6.67. The highest BCUT2D eigenvalue weighted by molar-refractivity contribution is 5.21. The second-order valence-electron chi connectivity index (χ2n) is 6.67. The molecule has 3 heteroatoms. The van der Waals surface area contributed by atoms with Gasteiger partial charge in [0.1, 0.15) is 12.2 Å². The number of fused-ring (bicyclic) bond motifs is 3. The molecule has 3 fully saturated rings. The summed E-state index contributed by atoms with van der Waals surface area (Å²) in [6, 6.07) is 10.4. The Hall–Kier alpha value is -0.900. The lowest BCUT2D eigenvalue weighted by molar-refractivity contribution is -0.162. The topological polar surface area (TPSA) is 27.7 Å². The average molecular weight is 274 g/mol. The lowest BCUT2D eigenvalue weighted by Gasteiger charge is -2.39. The third-order valence-corrected chi connectivity index (χ3v) is 4.84. The van der Waals surface area contributed by atoms with Gasteiger partial charge in [0.05, 0.1) is 12.2 Å². The van der Waals surface area contributed by atoms with Gasteiger partial charge in [-0.2, -0.15) is 0 Å². The zero-order valence-electron chi connectivity index (χ0n) is 12.1. The molecule has 2 saturated heterocycles. The van der Waals surface area contributed by atoms with Gasteiger partial charge >= 0.3 is 0 Å². The molecule has 1 aromatic carbocycles. The van der Waals surface area contributed by atoms with Crippen molar-refractivity contribution in [1.82, 2.24) is 0 Å². The van der Waals surface area contributed by atoms with Crippen LogP contribution in [0.25, 0.3) is 0 Å². The Morgan fingerprint density at radius 1 is 1.00 bits per heavy atom. The van der Waals surface area contributed by atoms with Crippen LogP contribution >= 0.6 is 0 Å². The fraction of sp³-hybridized carbons (Fsp3) is 0.647. The average Bonchev–Trinajstić information content (AvgIpc) is 3.01. The maximum Gasteiger partial charge on any atom is 0.163 e. The monoisotopic (exact) mass is 274 g/mol. The van der Waals surface area contributed by atoms with E-state index in [4.69, 9.17) is 14.2 Å². The summed E-state index contributed by atoms with van der Waals surface area (Å²) in [4.78, 5) is 0. The van der Waals surface area contributed by atoms with Crippen LogP contribution in [0, 0.1) is 5.92 Å². The van der Waals surface area contributed by atoms with Crippen molar-refractivity contribution >= 4 is 0 Å². The SMILES string of the molecule is CC1(C)O[C@H]2[C@H]3CCC[C@@H]3O[C@H](c3ccccc3)[C@H]2O1. The number of rotatable bonds is 1. The summed E-state index contributed by atoms with van der Waals surface area (Å²) in [7, 11) is 0. The van der Waals surface area contributed by atoms with E-state index in [2.05, 4.69) is 24.3 Å². The molecule has 108 valence electrons. The molecule has 20 heavy (non-hydrogen) atoms. The zero-order chi connectivity index (χ0) is 13.7. The van der Waals surface area contributed by atoms with Crippen LogP contribution in [0.3, 0.4) is 0 Å². The first-order chi connectivity index (χ1) is 9.64. The van der Waals surface area contributed by atoms with Gasteiger partial charge in [-0.3, -0.25) is 0 Å². The molecule has 0 radical (unpaired) electrons. The van der Waals surface area contributed by atoms with E-state index in [-0.39, 0.29) is 18.3 Å². The molecule has 5 atom stereocenters. The van der Waals surface area contributed by atoms with E-state index in [0.717, 1.165) is 6.42 Å². The minimum atomic E-state index is -0.497. The first-order valence-electron chi connectivity index (χ1n) is 7.70. The van der Waals surface area contributed by atoms with Crippen LogP contribution in [-0.4, -0.2) is 24.1 Å². The first kappa shape index (κ1) is 12.8. The summed E-state index contributed by atoms with van der Waals surface area (Å²) in [5.74, 6) is 0.00479. The van der Waals surface area contributed by atoms with Gasteiger partial charge in [-0.05, 0) is 32.3 Å². The fourth-order valence-electron chi connectivity index (χ4n) is 4.06. The number of benzene rings is 1. The Morgan fingerprint density at radius 2 is 1.75 bits per heavy atom. The van der Waals surface area contributed by atoms with E-state index < -0.39 is 5.79 Å². The maximum absolute atomic E-state index is 6.40. The summed E-state index contributed by atoms with van der Waals surface area (Å²) >= 11 is 0. The molecule has 0 spiro atoms. The Morgan fingerprint density at radius 3 is 2.55 bits per heavy atom. The van der Waals surface area contributed by atoms with Gasteiger partial charge in [0, 0.05) is 5.92 Å². The third kappa shape index (κ3) is 2.00. The highest BCUT2D eigenvalue weighted by Crippen LogP contribution is 2.50. The summed E-state index contributed by atoms with van der Waals surface area (Å²) in [6.07, 6.45) is 4.13. The van der Waals surface area contributed by atoms with E-state index in [9.17, 15) is 0 Å². The molecular weight excluding hydrogens is 252 g/mol. The lowest BCUT2D eigenvalue weighted by atomic mass is 9.86. The Kier molecular flexibility index (Phi) is 2.92. The molecule has 3 aliphatic rings. The van der Waals surface area contributed by atoms with Crippen LogP contribution < -0.4 is 0 Å². The summed E-state index contributed by atoms with van der Waals surface area (Å²) in [5.41, 5.74) is 1.20. The van der Waals surface area contributed by atoms with Gasteiger partial charge in [0.2, 0.25) is 0 Å². The van der Waals surface area contributed by atoms with Gasteiger partial charge in [-0.1, -0.05) is 36.8 Å². The number of hydrogen-bond acceptors (Lipinski definition) is 3. The van der Waals surface area contributed by atoms with E-state index in [1.54, 1.807) is 0 Å². The quantitative estimate of drug-likeness (QED) is 0.785. The molecule has 0 aromatic heterocycles. The molecule has 1 aromatic rings. The molecule has 1 aliphatic carbocycles. The highest BCUT2D eigenvalue weighted by atomic mass is 16.8. The normalized spacial score (nSPS) is 42.2. The molecule has 0 bridgehead atoms. The molecule has 4 rings (SSSR count). The van der Waals surface area contributed by atoms with Crippen molar-refractivity contribution in [3.63, 3.8) is 0 Å². The molecule has 2 aliphatic heterocycles. The number of hydrogen-bond donors (Lipinski definition) is 0. The third-order valence-electron chi connectivity index (χ3n) is 4.84. The molecule has 0 unspecified atom stereocenters. The standard InChI is InChI=1S/C17H22O3/c1-17(2)19-15-12-9-6-10-13(12)18-14(16(15)20-17)11-7-4-3-5-8-11/h3-5,7-8,12-16H,6,9-10H2,1-2H3/t12-,13-,14+,15-,16+/m0/s1. The van der Waals surface area contributed by atoms with Crippen LogP contribution in [0.1, 0.15) is 44.8 Å². The van der Waals surface area contributed by atoms with Gasteiger partial charge in [0.25, 0.3) is 0 Å². The molecule has 0 N–H and O–H groups in total. The van der Waals surface area contributed by atoms with E-state index in [1.165, 1.54) is 18.4 Å². The van der Waals surface area contributed by atoms with Gasteiger partial charge in [-0.25, -0.2) is 0 Å². The van der Waals surface area contributed by atoms with Gasteiger partial charge in [-0.15, -0.1) is 0 Å². The van der Waals surface area contributed by atoms with Crippen molar-refractivity contribution < 1.29 is 14.2 Å². The van der Waals surface area contributed by atoms with E-state index in [1.807, 2.05) is 19.9 Å². The predicted molar refractivity (Wildman–Crippen MR) is 75.2 cm³/mol. The second kappa shape index (κ2) is 4.55. The van der Waals surface area contributed by atoms with Crippen molar-refractivity contribution in [3.05, 3.63) is 35.9 Å². The molecule has 2 heterocycles. The van der Waals surface area contributed by atoms with Crippen molar-refractivity contribution in [2.45, 2.75) is 63.3 Å². The largest absolute Gasteiger partial charge is 0.367 e. The van der Waals surface area contributed by atoms with Crippen LogP contribution in [0.15, 0.2) is 30.3 Å². The predicted octanol–water partition coefficient (Wildman–Crippen LogP) is 3.45. The Bertz CT molecular complexity index is 484. The van der Waals surface area contributed by atoms with Crippen molar-refractivity contribution in [2.75, 3.05) is 0 Å². The highest BCUT2D eigenvalue weighted by Gasteiger charge is 2.56. The zero-order valence-corrected chi connectivity index (χ0v) is 12.1. The van der Waals surface area contributed by atoms with Crippen LogP contribution in [0.5, 0.6) is 0 Å². The van der Waals surface area contributed by atoms with Crippen LogP contribution in [0.2, 0.25) is 0 Å².